The summed E-state index contributed by atoms with van der Waals surface area (Å²) in [6, 6.07) is 9.69. The number of ketones is 1. The third-order valence-electron chi connectivity index (χ3n) is 4.71. The molecule has 1 saturated heterocycles. The Hall–Kier alpha value is -1.33. The van der Waals surface area contributed by atoms with Crippen LogP contribution in [0.1, 0.15) is 37.7 Å². The zero-order valence-electron chi connectivity index (χ0n) is 13.2. The standard InChI is InChI=1S/C18H23F2NO2/c19-18(20)13-21(12-14-4-2-1-3-5-14)11-10-17(18)23-16-8-6-15(22)7-9-16/h1-5,16-17H,6-13H2. The minimum Gasteiger partial charge on any atom is -0.369 e. The van der Waals surface area contributed by atoms with Gasteiger partial charge in [0.15, 0.2) is 0 Å². The highest BCUT2D eigenvalue weighted by Crippen LogP contribution is 2.33. The van der Waals surface area contributed by atoms with E-state index in [4.69, 9.17) is 4.74 Å². The molecule has 0 aromatic heterocycles. The number of nitrogens with zero attached hydrogens (tertiary/aromatic N) is 1. The number of ether oxygens (including phenoxy) is 1. The van der Waals surface area contributed by atoms with E-state index in [1.807, 2.05) is 30.3 Å². The van der Waals surface area contributed by atoms with Crippen LogP contribution < -0.4 is 0 Å². The highest BCUT2D eigenvalue weighted by Gasteiger charge is 2.46. The summed E-state index contributed by atoms with van der Waals surface area (Å²) < 4.78 is 34.5. The first-order valence-corrected chi connectivity index (χ1v) is 8.34. The number of alkyl halides is 2. The Kier molecular flexibility index (Phi) is 5.07. The van der Waals surface area contributed by atoms with Gasteiger partial charge in [0.1, 0.15) is 11.9 Å². The molecular weight excluding hydrogens is 300 g/mol. The molecule has 0 N–H and O–H groups in total. The van der Waals surface area contributed by atoms with E-state index in [0.717, 1.165) is 5.56 Å². The molecule has 1 aromatic carbocycles. The van der Waals surface area contributed by atoms with Gasteiger partial charge < -0.3 is 4.74 Å². The van der Waals surface area contributed by atoms with Crippen molar-refractivity contribution in [3.8, 4) is 0 Å². The highest BCUT2D eigenvalue weighted by atomic mass is 19.3. The second-order valence-electron chi connectivity index (χ2n) is 6.61. The lowest BCUT2D eigenvalue weighted by Gasteiger charge is -2.40. The van der Waals surface area contributed by atoms with Gasteiger partial charge in [0.05, 0.1) is 12.6 Å². The Morgan fingerprint density at radius 1 is 1.13 bits per heavy atom. The second-order valence-corrected chi connectivity index (χ2v) is 6.61. The third-order valence-corrected chi connectivity index (χ3v) is 4.71. The lowest BCUT2D eigenvalue weighted by Crippen LogP contribution is -2.53. The molecule has 3 nitrogen and oxygen atoms in total. The monoisotopic (exact) mass is 323 g/mol. The number of carbonyl (C=O) groups excluding carboxylic acids is 1. The number of hydrogen-bond donors (Lipinski definition) is 0. The number of hydrogen-bond acceptors (Lipinski definition) is 3. The van der Waals surface area contributed by atoms with E-state index in [1.165, 1.54) is 0 Å². The molecule has 2 aliphatic rings. The third kappa shape index (κ3) is 4.36. The van der Waals surface area contributed by atoms with Gasteiger partial charge in [-0.15, -0.1) is 0 Å². The first-order chi connectivity index (χ1) is 11.0. The lowest BCUT2D eigenvalue weighted by atomic mass is 9.95. The largest absolute Gasteiger partial charge is 0.369 e. The van der Waals surface area contributed by atoms with Gasteiger partial charge in [-0.25, -0.2) is 8.78 Å². The lowest BCUT2D eigenvalue weighted by molar-refractivity contribution is -0.195. The fourth-order valence-electron chi connectivity index (χ4n) is 3.42. The quantitative estimate of drug-likeness (QED) is 0.850. The van der Waals surface area contributed by atoms with Gasteiger partial charge in [-0.2, -0.15) is 0 Å². The van der Waals surface area contributed by atoms with Crippen molar-refractivity contribution in [2.75, 3.05) is 13.1 Å². The summed E-state index contributed by atoms with van der Waals surface area (Å²) in [7, 11) is 0. The molecule has 0 amide bonds. The molecule has 23 heavy (non-hydrogen) atoms. The summed E-state index contributed by atoms with van der Waals surface area (Å²) >= 11 is 0. The summed E-state index contributed by atoms with van der Waals surface area (Å²) in [5, 5.41) is 0. The van der Waals surface area contributed by atoms with Gasteiger partial charge in [0.25, 0.3) is 5.92 Å². The average Bonchev–Trinajstić information content (AvgIpc) is 2.52. The Morgan fingerprint density at radius 2 is 1.83 bits per heavy atom. The first-order valence-electron chi connectivity index (χ1n) is 8.34. The van der Waals surface area contributed by atoms with Crippen LogP contribution in [0.4, 0.5) is 8.78 Å². The van der Waals surface area contributed by atoms with Crippen molar-refractivity contribution in [2.24, 2.45) is 0 Å². The van der Waals surface area contributed by atoms with E-state index < -0.39 is 12.0 Å². The zero-order chi connectivity index (χ0) is 16.3. The predicted molar refractivity (Wildman–Crippen MR) is 83.4 cm³/mol. The maximum Gasteiger partial charge on any atom is 0.286 e. The predicted octanol–water partition coefficient (Wildman–Crippen LogP) is 3.42. The number of benzene rings is 1. The van der Waals surface area contributed by atoms with Crippen LogP contribution in [-0.2, 0) is 16.1 Å². The van der Waals surface area contributed by atoms with E-state index in [2.05, 4.69) is 0 Å². The minimum absolute atomic E-state index is 0.191. The molecule has 1 aliphatic heterocycles. The summed E-state index contributed by atoms with van der Waals surface area (Å²) in [6.07, 6.45) is 1.21. The number of halogens is 2. The van der Waals surface area contributed by atoms with E-state index in [9.17, 15) is 13.6 Å². The molecule has 1 saturated carbocycles. The molecule has 2 fully saturated rings. The van der Waals surface area contributed by atoms with Crippen molar-refractivity contribution in [1.82, 2.24) is 4.90 Å². The van der Waals surface area contributed by atoms with Crippen LogP contribution >= 0.6 is 0 Å². The van der Waals surface area contributed by atoms with Gasteiger partial charge in [-0.05, 0) is 24.8 Å². The minimum atomic E-state index is -2.84. The fraction of sp³-hybridized carbons (Fsp3) is 0.611. The summed E-state index contributed by atoms with van der Waals surface area (Å²) in [6.45, 7) is 0.889. The maximum absolute atomic E-state index is 14.4. The van der Waals surface area contributed by atoms with Crippen molar-refractivity contribution < 1.29 is 18.3 Å². The molecule has 5 heteroatoms. The van der Waals surface area contributed by atoms with Crippen molar-refractivity contribution in [2.45, 2.75) is 56.8 Å². The SMILES string of the molecule is O=C1CCC(OC2CCN(Cc3ccccc3)CC2(F)F)CC1. The zero-order valence-corrected chi connectivity index (χ0v) is 13.2. The molecule has 3 rings (SSSR count). The molecule has 1 aromatic rings. The summed E-state index contributed by atoms with van der Waals surface area (Å²) in [5.41, 5.74) is 1.05. The number of piperidine rings is 1. The number of Topliss-reactive ketones (excluding diaryl/α,β-unsaturated/α-hetero) is 1. The van der Waals surface area contributed by atoms with E-state index >= 15 is 0 Å². The molecule has 1 atom stereocenters. The van der Waals surface area contributed by atoms with Gasteiger partial charge >= 0.3 is 0 Å². The maximum atomic E-state index is 14.4. The Balaban J connectivity index is 1.54. The van der Waals surface area contributed by atoms with Crippen molar-refractivity contribution in [3.63, 3.8) is 0 Å². The Bertz CT molecular complexity index is 525. The van der Waals surface area contributed by atoms with Crippen LogP contribution in [0.3, 0.4) is 0 Å². The molecule has 1 heterocycles. The van der Waals surface area contributed by atoms with Crippen LogP contribution in [-0.4, -0.2) is 41.9 Å². The Morgan fingerprint density at radius 3 is 2.48 bits per heavy atom. The van der Waals surface area contributed by atoms with Crippen molar-refractivity contribution >= 4 is 5.78 Å². The van der Waals surface area contributed by atoms with Gasteiger partial charge in [-0.1, -0.05) is 30.3 Å². The molecule has 1 aliphatic carbocycles. The molecule has 0 bridgehead atoms. The van der Waals surface area contributed by atoms with E-state index in [-0.39, 0.29) is 18.4 Å². The smallest absolute Gasteiger partial charge is 0.286 e. The second kappa shape index (κ2) is 7.05. The highest BCUT2D eigenvalue weighted by molar-refractivity contribution is 5.79. The molecule has 0 radical (unpaired) electrons. The molecular formula is C18H23F2NO2. The van der Waals surface area contributed by atoms with Gasteiger partial charge in [0.2, 0.25) is 0 Å². The number of likely N-dealkylation sites (tertiary alicyclic amines) is 1. The van der Waals surface area contributed by atoms with Crippen LogP contribution in [0, 0.1) is 0 Å². The average molecular weight is 323 g/mol. The van der Waals surface area contributed by atoms with Crippen LogP contribution in [0.15, 0.2) is 30.3 Å². The van der Waals surface area contributed by atoms with E-state index in [0.29, 0.717) is 45.2 Å². The molecule has 0 spiro atoms. The number of rotatable bonds is 4. The van der Waals surface area contributed by atoms with E-state index in [1.54, 1.807) is 4.90 Å². The van der Waals surface area contributed by atoms with Crippen LogP contribution in [0.5, 0.6) is 0 Å². The summed E-state index contributed by atoms with van der Waals surface area (Å²) in [5.74, 6) is -2.62. The Labute approximate surface area is 135 Å². The van der Waals surface area contributed by atoms with Crippen LogP contribution in [0.2, 0.25) is 0 Å². The fourth-order valence-corrected chi connectivity index (χ4v) is 3.42. The van der Waals surface area contributed by atoms with Crippen LogP contribution in [0.25, 0.3) is 0 Å². The normalized spacial score (nSPS) is 26.3. The first kappa shape index (κ1) is 16.5. The van der Waals surface area contributed by atoms with Crippen molar-refractivity contribution in [3.05, 3.63) is 35.9 Å². The molecule has 126 valence electrons. The molecule has 1 unspecified atom stereocenters. The summed E-state index contributed by atoms with van der Waals surface area (Å²) in [4.78, 5) is 13.0. The number of carbonyl (C=O) groups is 1. The van der Waals surface area contributed by atoms with Gasteiger partial charge in [0, 0.05) is 25.9 Å². The van der Waals surface area contributed by atoms with Gasteiger partial charge in [-0.3, -0.25) is 9.69 Å². The van der Waals surface area contributed by atoms with Crippen molar-refractivity contribution in [1.29, 1.82) is 0 Å². The topological polar surface area (TPSA) is 29.5 Å².